The van der Waals surface area contributed by atoms with Crippen LogP contribution in [-0.2, 0) is 6.54 Å². The maximum absolute atomic E-state index is 15.6. The molecule has 2 aliphatic rings. The second-order valence-corrected chi connectivity index (χ2v) is 10.4. The minimum Gasteiger partial charge on any atom is -0.477 e. The molecule has 1 atom stereocenters. The third-order valence-electron chi connectivity index (χ3n) is 7.75. The van der Waals surface area contributed by atoms with E-state index < -0.39 is 23.0 Å². The number of hydrogen-bond acceptors (Lipinski definition) is 7. The largest absolute Gasteiger partial charge is 0.519 e. The minimum absolute atomic E-state index is 0.0715. The van der Waals surface area contributed by atoms with Crippen molar-refractivity contribution >= 4 is 22.6 Å². The molecule has 0 bridgehead atoms. The number of benzene rings is 2. The molecule has 1 saturated heterocycles. The van der Waals surface area contributed by atoms with Crippen LogP contribution in [0.15, 0.2) is 61.0 Å². The number of piperazine rings is 1. The lowest BCUT2D eigenvalue weighted by molar-refractivity contribution is 0.0695. The second-order valence-electron chi connectivity index (χ2n) is 10.4. The lowest BCUT2D eigenvalue weighted by atomic mass is 10.00. The molecule has 4 aromatic rings. The fraction of sp³-hybridized carbons (Fsp3) is 0.345. The van der Waals surface area contributed by atoms with Gasteiger partial charge in [-0.15, -0.1) is 0 Å². The number of rotatable bonds is 6. The predicted octanol–water partition coefficient (Wildman–Crippen LogP) is 4.40. The van der Waals surface area contributed by atoms with E-state index in [0.717, 1.165) is 24.0 Å². The standard InChI is InChI=1S/C29H28FN3O6/c1-16-3-5-18(6-4-16)25-14-31(9-10-32(25)15-26-17(2)38-29(37)39-26)24-12-23-20(11-22(24)30)27(34)21(28(35)36)13-33(23)19-7-8-19/h3-6,11-13,19,25H,7-10,14-15H2,1-2H3,(H,35,36). The number of aromatic carboxylic acids is 1. The maximum atomic E-state index is 15.6. The molecule has 2 aromatic heterocycles. The lowest BCUT2D eigenvalue weighted by Gasteiger charge is -2.42. The van der Waals surface area contributed by atoms with Gasteiger partial charge in [-0.1, -0.05) is 29.8 Å². The number of aromatic nitrogens is 1. The summed E-state index contributed by atoms with van der Waals surface area (Å²) >= 11 is 0. The molecule has 1 unspecified atom stereocenters. The van der Waals surface area contributed by atoms with Gasteiger partial charge in [0.2, 0.25) is 5.43 Å². The Morgan fingerprint density at radius 1 is 1.08 bits per heavy atom. The normalized spacial score (nSPS) is 18.1. The molecule has 1 saturated carbocycles. The molecule has 9 nitrogen and oxygen atoms in total. The average Bonchev–Trinajstić information content (AvgIpc) is 3.69. The molecule has 0 spiro atoms. The van der Waals surface area contributed by atoms with Crippen LogP contribution < -0.4 is 16.2 Å². The smallest absolute Gasteiger partial charge is 0.477 e. The number of aryl methyl sites for hydroxylation is 2. The Kier molecular flexibility index (Phi) is 6.14. The van der Waals surface area contributed by atoms with Crippen molar-refractivity contribution in [1.29, 1.82) is 0 Å². The van der Waals surface area contributed by atoms with Crippen molar-refractivity contribution in [1.82, 2.24) is 9.47 Å². The Morgan fingerprint density at radius 3 is 2.46 bits per heavy atom. The Morgan fingerprint density at radius 2 is 1.82 bits per heavy atom. The van der Waals surface area contributed by atoms with E-state index in [0.29, 0.717) is 48.9 Å². The summed E-state index contributed by atoms with van der Waals surface area (Å²) in [6, 6.07) is 10.9. The highest BCUT2D eigenvalue weighted by Gasteiger charge is 2.32. The van der Waals surface area contributed by atoms with Gasteiger partial charge >= 0.3 is 11.8 Å². The molecular weight excluding hydrogens is 505 g/mol. The number of nitrogens with zero attached hydrogens (tertiary/aromatic N) is 3. The van der Waals surface area contributed by atoms with E-state index in [1.807, 2.05) is 36.1 Å². The fourth-order valence-corrected chi connectivity index (χ4v) is 5.44. The van der Waals surface area contributed by atoms with Crippen LogP contribution in [-0.4, -0.2) is 40.2 Å². The van der Waals surface area contributed by atoms with Crippen LogP contribution in [0.25, 0.3) is 10.9 Å². The zero-order valence-corrected chi connectivity index (χ0v) is 21.6. The quantitative estimate of drug-likeness (QED) is 0.389. The molecule has 10 heteroatoms. The van der Waals surface area contributed by atoms with Crippen LogP contribution in [0.2, 0.25) is 0 Å². The van der Waals surface area contributed by atoms with E-state index >= 15 is 4.39 Å². The van der Waals surface area contributed by atoms with Crippen molar-refractivity contribution in [3.63, 3.8) is 0 Å². The Labute approximate surface area is 222 Å². The first kappa shape index (κ1) is 25.1. The van der Waals surface area contributed by atoms with Crippen LogP contribution in [0.3, 0.4) is 0 Å². The van der Waals surface area contributed by atoms with Gasteiger partial charge in [0, 0.05) is 37.3 Å². The van der Waals surface area contributed by atoms with Crippen LogP contribution in [0.1, 0.15) is 57.9 Å². The number of hydrogen-bond donors (Lipinski definition) is 1. The molecule has 0 amide bonds. The Balaban J connectivity index is 1.40. The van der Waals surface area contributed by atoms with Crippen molar-refractivity contribution in [2.24, 2.45) is 0 Å². The van der Waals surface area contributed by atoms with Crippen molar-refractivity contribution in [3.8, 4) is 0 Å². The summed E-state index contributed by atoms with van der Waals surface area (Å²) in [5.41, 5.74) is 2.02. The SMILES string of the molecule is Cc1ccc(C2CN(c3cc4c(cc3F)c(=O)c(C(=O)O)cn4C3CC3)CCN2Cc2oc(=O)oc2C)cc1. The van der Waals surface area contributed by atoms with E-state index in [1.165, 1.54) is 12.3 Å². The van der Waals surface area contributed by atoms with Gasteiger partial charge in [-0.3, -0.25) is 9.69 Å². The average molecular weight is 534 g/mol. The topological polar surface area (TPSA) is 109 Å². The zero-order valence-electron chi connectivity index (χ0n) is 21.6. The van der Waals surface area contributed by atoms with Crippen LogP contribution >= 0.6 is 0 Å². The number of anilines is 1. The highest BCUT2D eigenvalue weighted by atomic mass is 19.1. The molecule has 6 rings (SSSR count). The lowest BCUT2D eigenvalue weighted by Crippen LogP contribution is -2.48. The molecule has 1 N–H and O–H groups in total. The number of carbonyl (C=O) groups is 1. The minimum atomic E-state index is -1.32. The van der Waals surface area contributed by atoms with Gasteiger partial charge in [0.05, 0.1) is 23.8 Å². The summed E-state index contributed by atoms with van der Waals surface area (Å²) in [6.07, 6.45) is 3.14. The highest BCUT2D eigenvalue weighted by Crippen LogP contribution is 2.39. The summed E-state index contributed by atoms with van der Waals surface area (Å²) in [4.78, 5) is 40.3. The van der Waals surface area contributed by atoms with Gasteiger partial charge in [-0.2, -0.15) is 0 Å². The Bertz CT molecular complexity index is 1700. The molecule has 39 heavy (non-hydrogen) atoms. The van der Waals surface area contributed by atoms with Crippen LogP contribution in [0.4, 0.5) is 10.1 Å². The zero-order chi connectivity index (χ0) is 27.4. The third kappa shape index (κ3) is 4.65. The molecule has 2 aromatic carbocycles. The summed E-state index contributed by atoms with van der Waals surface area (Å²) in [6.45, 7) is 5.57. The molecule has 202 valence electrons. The van der Waals surface area contributed by atoms with E-state index in [9.17, 15) is 19.5 Å². The molecular formula is C29H28FN3O6. The van der Waals surface area contributed by atoms with Gasteiger partial charge in [0.1, 0.15) is 17.1 Å². The number of carboxylic acids is 1. The third-order valence-corrected chi connectivity index (χ3v) is 7.75. The van der Waals surface area contributed by atoms with Gasteiger partial charge in [0.25, 0.3) is 0 Å². The van der Waals surface area contributed by atoms with Crippen molar-refractivity contribution in [3.05, 3.63) is 97.5 Å². The number of carboxylic acid groups (broad SMARTS) is 1. The first-order valence-electron chi connectivity index (χ1n) is 13.0. The Hall–Kier alpha value is -4.18. The summed E-state index contributed by atoms with van der Waals surface area (Å²) in [5.74, 6) is -1.73. The van der Waals surface area contributed by atoms with E-state index in [-0.39, 0.29) is 23.0 Å². The molecule has 3 heterocycles. The van der Waals surface area contributed by atoms with Gasteiger partial charge in [-0.25, -0.2) is 14.0 Å². The molecule has 1 aliphatic carbocycles. The number of pyridine rings is 1. The fourth-order valence-electron chi connectivity index (χ4n) is 5.44. The van der Waals surface area contributed by atoms with Crippen LogP contribution in [0, 0.1) is 19.7 Å². The van der Waals surface area contributed by atoms with Gasteiger partial charge in [0.15, 0.2) is 5.76 Å². The first-order chi connectivity index (χ1) is 18.7. The second kappa shape index (κ2) is 9.53. The number of fused-ring (bicyclic) bond motifs is 1. The predicted molar refractivity (Wildman–Crippen MR) is 142 cm³/mol. The van der Waals surface area contributed by atoms with Gasteiger partial charge < -0.3 is 23.4 Å². The van der Waals surface area contributed by atoms with Crippen molar-refractivity contribution < 1.29 is 23.1 Å². The monoisotopic (exact) mass is 533 g/mol. The molecule has 1 aliphatic heterocycles. The summed E-state index contributed by atoms with van der Waals surface area (Å²) < 4.78 is 27.8. The highest BCUT2D eigenvalue weighted by molar-refractivity contribution is 5.93. The maximum Gasteiger partial charge on any atom is 0.519 e. The summed E-state index contributed by atoms with van der Waals surface area (Å²) in [7, 11) is 0. The van der Waals surface area contributed by atoms with Crippen molar-refractivity contribution in [2.75, 3.05) is 24.5 Å². The summed E-state index contributed by atoms with van der Waals surface area (Å²) in [5, 5.41) is 9.60. The number of halogens is 1. The van der Waals surface area contributed by atoms with Crippen molar-refractivity contribution in [2.45, 2.75) is 45.3 Å². The molecule has 0 radical (unpaired) electrons. The van der Waals surface area contributed by atoms with E-state index in [1.54, 1.807) is 17.6 Å². The van der Waals surface area contributed by atoms with E-state index in [2.05, 4.69) is 4.90 Å². The molecule has 2 fully saturated rings. The van der Waals surface area contributed by atoms with E-state index in [4.69, 9.17) is 8.83 Å². The first-order valence-corrected chi connectivity index (χ1v) is 13.0. The van der Waals surface area contributed by atoms with Gasteiger partial charge in [-0.05, 0) is 44.4 Å². The van der Waals surface area contributed by atoms with Crippen LogP contribution in [0.5, 0.6) is 0 Å².